The molecule has 250 valence electrons. The van der Waals surface area contributed by atoms with Gasteiger partial charge in [-0.3, -0.25) is 0 Å². The smallest absolute Gasteiger partial charge is 0.338 e. The molecule has 1 aromatic carbocycles. The van der Waals surface area contributed by atoms with Gasteiger partial charge in [0.1, 0.15) is 12.4 Å². The molecule has 0 amide bonds. The number of carbonyl (C=O) groups excluding carboxylic acids is 1. The van der Waals surface area contributed by atoms with Crippen LogP contribution in [-0.4, -0.2) is 66.2 Å². The maximum Gasteiger partial charge on any atom is 0.338 e. The van der Waals surface area contributed by atoms with Gasteiger partial charge in [0.15, 0.2) is 11.6 Å². The number of rotatable bonds is 10. The highest BCUT2D eigenvalue weighted by Crippen LogP contribution is 2.36. The molecule has 0 aliphatic heterocycles. The first-order valence-electron chi connectivity index (χ1n) is 14.8. The van der Waals surface area contributed by atoms with Gasteiger partial charge in [-0.15, -0.1) is 0 Å². The lowest BCUT2D eigenvalue weighted by Gasteiger charge is -2.28. The van der Waals surface area contributed by atoms with Gasteiger partial charge in [0.25, 0.3) is 0 Å². The first-order chi connectivity index (χ1) is 23.1. The van der Waals surface area contributed by atoms with E-state index in [9.17, 15) is 22.8 Å². The van der Waals surface area contributed by atoms with E-state index in [1.165, 1.54) is 59.3 Å². The number of benzene rings is 1. The van der Waals surface area contributed by atoms with Crippen LogP contribution in [0.15, 0.2) is 85.5 Å². The van der Waals surface area contributed by atoms with Gasteiger partial charge in [0.05, 0.1) is 37.2 Å². The van der Waals surface area contributed by atoms with Crippen LogP contribution in [0.3, 0.4) is 0 Å². The molecule has 1 aliphatic carbocycles. The highest BCUT2D eigenvalue weighted by Gasteiger charge is 2.35. The van der Waals surface area contributed by atoms with E-state index in [1.54, 1.807) is 42.6 Å². The molecule has 48 heavy (non-hydrogen) atoms. The lowest BCUT2D eigenvalue weighted by atomic mass is 9.87. The topological polar surface area (TPSA) is 143 Å². The molecular weight excluding hydrogens is 633 g/mol. The number of aromatic nitrogens is 6. The Morgan fingerprint density at radius 3 is 2.06 bits per heavy atom. The molecule has 0 bridgehead atoms. The van der Waals surface area contributed by atoms with Crippen molar-refractivity contribution in [2.45, 2.75) is 38.2 Å². The Balaban J connectivity index is 0.000000188. The minimum absolute atomic E-state index is 0.0753. The summed E-state index contributed by atoms with van der Waals surface area (Å²) in [7, 11) is 1.31. The van der Waals surface area contributed by atoms with Crippen LogP contribution in [0.4, 0.5) is 13.2 Å². The third-order valence-corrected chi connectivity index (χ3v) is 7.39. The predicted octanol–water partition coefficient (Wildman–Crippen LogP) is 5.94. The van der Waals surface area contributed by atoms with Crippen molar-refractivity contribution in [3.63, 3.8) is 0 Å². The van der Waals surface area contributed by atoms with Crippen LogP contribution in [0.1, 0.15) is 52.0 Å². The number of hydrogen-bond acceptors (Lipinski definition) is 9. The zero-order valence-electron chi connectivity index (χ0n) is 25.7. The minimum atomic E-state index is -2.56. The van der Waals surface area contributed by atoms with E-state index in [-0.39, 0.29) is 36.7 Å². The Kier molecular flexibility index (Phi) is 10.7. The standard InChI is InChI=1S/C17H14FN3O3.C16H17F2N3O3/c1-23-17(22)13-5-7-19-15(10-13)21-16(6-8-20-21)24-11-12-3-2-4-14(18)9-12;17-16(18)5-1-11(2-6-16)10-24-14-4-8-20-21(14)13-9-12(15(22)23)3-7-19-13/h2-10H,11H2,1H3;3-4,7-9,11H,1-2,5-6,10H2,(H,22,23). The fourth-order valence-electron chi connectivity index (χ4n) is 4.85. The maximum absolute atomic E-state index is 13.2. The zero-order chi connectivity index (χ0) is 34.1. The second-order valence-corrected chi connectivity index (χ2v) is 10.8. The molecular formula is C33H31F3N6O6. The van der Waals surface area contributed by atoms with Crippen LogP contribution >= 0.6 is 0 Å². The summed E-state index contributed by atoms with van der Waals surface area (Å²) < 4.78 is 58.5. The number of alkyl halides is 2. The second-order valence-electron chi connectivity index (χ2n) is 10.8. The number of ether oxygens (including phenoxy) is 3. The number of aromatic carboxylic acids is 1. The number of halogens is 3. The van der Waals surface area contributed by atoms with Crippen molar-refractivity contribution in [2.75, 3.05) is 13.7 Å². The van der Waals surface area contributed by atoms with E-state index < -0.39 is 17.9 Å². The molecule has 1 aliphatic rings. The SMILES string of the molecule is COC(=O)c1ccnc(-n2nccc2OCc2cccc(F)c2)c1.O=C(O)c1ccnc(-n2nccc2OCC2CCC(F)(F)CC2)c1. The quantitative estimate of drug-likeness (QED) is 0.178. The summed E-state index contributed by atoms with van der Waals surface area (Å²) in [5, 5.41) is 17.3. The average Bonchev–Trinajstić information content (AvgIpc) is 3.77. The molecule has 12 nitrogen and oxygen atoms in total. The number of nitrogens with zero attached hydrogens (tertiary/aromatic N) is 6. The average molecular weight is 665 g/mol. The second kappa shape index (κ2) is 15.2. The maximum atomic E-state index is 13.2. The molecule has 0 atom stereocenters. The number of carboxylic acids is 1. The van der Waals surface area contributed by atoms with E-state index in [2.05, 4.69) is 20.2 Å². The van der Waals surface area contributed by atoms with Crippen molar-refractivity contribution in [1.82, 2.24) is 29.5 Å². The number of carbonyl (C=O) groups is 2. The Hall–Kier alpha value is -5.73. The molecule has 4 heterocycles. The van der Waals surface area contributed by atoms with Gasteiger partial charge in [-0.2, -0.15) is 19.6 Å². The first-order valence-corrected chi connectivity index (χ1v) is 14.8. The van der Waals surface area contributed by atoms with Crippen molar-refractivity contribution in [2.24, 2.45) is 5.92 Å². The van der Waals surface area contributed by atoms with Crippen molar-refractivity contribution in [3.05, 3.63) is 108 Å². The van der Waals surface area contributed by atoms with Gasteiger partial charge in [0.2, 0.25) is 17.7 Å². The van der Waals surface area contributed by atoms with E-state index >= 15 is 0 Å². The molecule has 0 spiro atoms. The Morgan fingerprint density at radius 2 is 1.46 bits per heavy atom. The highest BCUT2D eigenvalue weighted by molar-refractivity contribution is 5.89. The Labute approximate surface area is 272 Å². The van der Waals surface area contributed by atoms with Gasteiger partial charge >= 0.3 is 11.9 Å². The first kappa shape index (κ1) is 33.6. The van der Waals surface area contributed by atoms with Crippen LogP contribution in [0.25, 0.3) is 11.6 Å². The molecule has 6 rings (SSSR count). The molecule has 0 radical (unpaired) electrons. The molecule has 1 saturated carbocycles. The Morgan fingerprint density at radius 1 is 0.854 bits per heavy atom. The fraction of sp³-hybridized carbons (Fsp3) is 0.273. The van der Waals surface area contributed by atoms with Crippen LogP contribution < -0.4 is 9.47 Å². The molecule has 1 N–H and O–H groups in total. The number of esters is 1. The summed E-state index contributed by atoms with van der Waals surface area (Å²) in [5.41, 5.74) is 1.14. The third kappa shape index (κ3) is 8.74. The fourth-order valence-corrected chi connectivity index (χ4v) is 4.85. The molecule has 0 unspecified atom stereocenters. The summed E-state index contributed by atoms with van der Waals surface area (Å²) in [5.74, 6) is -2.76. The summed E-state index contributed by atoms with van der Waals surface area (Å²) >= 11 is 0. The number of hydrogen-bond donors (Lipinski definition) is 1. The zero-order valence-corrected chi connectivity index (χ0v) is 25.7. The summed E-state index contributed by atoms with van der Waals surface area (Å²) in [6.07, 6.45) is 6.56. The van der Waals surface area contributed by atoms with E-state index in [0.29, 0.717) is 54.0 Å². The van der Waals surface area contributed by atoms with Crippen molar-refractivity contribution < 1.29 is 42.1 Å². The van der Waals surface area contributed by atoms with Crippen molar-refractivity contribution in [1.29, 1.82) is 0 Å². The third-order valence-electron chi connectivity index (χ3n) is 7.39. The van der Waals surface area contributed by atoms with E-state index in [0.717, 1.165) is 0 Å². The van der Waals surface area contributed by atoms with E-state index in [4.69, 9.17) is 19.3 Å². The molecule has 4 aromatic heterocycles. The lowest BCUT2D eigenvalue weighted by molar-refractivity contribution is -0.0500. The summed E-state index contributed by atoms with van der Waals surface area (Å²) in [6.45, 7) is 0.501. The Bertz CT molecular complexity index is 1850. The molecule has 0 saturated heterocycles. The molecule has 15 heteroatoms. The van der Waals surface area contributed by atoms with Gasteiger partial charge < -0.3 is 19.3 Å². The number of pyridine rings is 2. The number of carboxylic acid groups (broad SMARTS) is 1. The van der Waals surface area contributed by atoms with Gasteiger partial charge in [-0.1, -0.05) is 12.1 Å². The predicted molar refractivity (Wildman–Crippen MR) is 164 cm³/mol. The summed E-state index contributed by atoms with van der Waals surface area (Å²) in [6, 6.07) is 15.3. The van der Waals surface area contributed by atoms with Gasteiger partial charge in [-0.25, -0.2) is 32.7 Å². The van der Waals surface area contributed by atoms with E-state index in [1.807, 2.05) is 0 Å². The van der Waals surface area contributed by atoms with Crippen LogP contribution in [0, 0.1) is 11.7 Å². The normalized spacial score (nSPS) is 14.0. The molecule has 5 aromatic rings. The van der Waals surface area contributed by atoms with Crippen LogP contribution in [0.2, 0.25) is 0 Å². The highest BCUT2D eigenvalue weighted by atomic mass is 19.3. The molecule has 1 fully saturated rings. The minimum Gasteiger partial charge on any atom is -0.478 e. The lowest BCUT2D eigenvalue weighted by Crippen LogP contribution is -2.27. The van der Waals surface area contributed by atoms with Crippen molar-refractivity contribution >= 4 is 11.9 Å². The monoisotopic (exact) mass is 664 g/mol. The largest absolute Gasteiger partial charge is 0.478 e. The van der Waals surface area contributed by atoms with Gasteiger partial charge in [-0.05, 0) is 60.7 Å². The van der Waals surface area contributed by atoms with Gasteiger partial charge in [0, 0.05) is 37.4 Å². The summed E-state index contributed by atoms with van der Waals surface area (Å²) in [4.78, 5) is 30.9. The van der Waals surface area contributed by atoms with Crippen LogP contribution in [0.5, 0.6) is 11.8 Å². The number of methoxy groups -OCH3 is 1. The van der Waals surface area contributed by atoms with Crippen molar-refractivity contribution in [3.8, 4) is 23.4 Å². The van der Waals surface area contributed by atoms with Crippen LogP contribution in [-0.2, 0) is 11.3 Å².